The topological polar surface area (TPSA) is 314 Å². The Balaban J connectivity index is 2.92. The van der Waals surface area contributed by atoms with Crippen LogP contribution in [0.4, 0.5) is 0 Å². The molecule has 17 heteroatoms. The molecule has 1 rings (SSSR count). The second-order valence-electron chi connectivity index (χ2n) is 9.16. The molecule has 17 nitrogen and oxygen atoms in total. The van der Waals surface area contributed by atoms with Crippen molar-refractivity contribution >= 4 is 41.5 Å². The molecule has 4 atom stereocenters. The molecule has 1 heterocycles. The number of hydrogen-bond donors (Lipinski definition) is 9. The maximum absolute atomic E-state index is 13.2. The van der Waals surface area contributed by atoms with Crippen LogP contribution in [0.3, 0.4) is 0 Å². The predicted molar refractivity (Wildman–Crippen MR) is 142 cm³/mol. The molecule has 15 N–H and O–H groups in total. The average Bonchev–Trinajstić information content (AvgIpc) is 3.34. The molecule has 0 aromatic rings. The molecule has 0 spiro atoms. The molecule has 4 unspecified atom stereocenters. The molecule has 0 aromatic heterocycles. The summed E-state index contributed by atoms with van der Waals surface area (Å²) >= 11 is 0. The number of carboxylic acid groups (broad SMARTS) is 1. The third-order valence-electron chi connectivity index (χ3n) is 6.00. The number of carboxylic acids is 1. The number of carbonyl (C=O) groups excluding carboxylic acids is 4. The monoisotopic (exact) mass is 555 g/mol. The Morgan fingerprint density at radius 3 is 2.00 bits per heavy atom. The van der Waals surface area contributed by atoms with Crippen LogP contribution in [0, 0.1) is 0 Å². The van der Waals surface area contributed by atoms with E-state index in [9.17, 15) is 29.1 Å². The third kappa shape index (κ3) is 12.3. The minimum absolute atomic E-state index is 0.0642. The van der Waals surface area contributed by atoms with Crippen molar-refractivity contribution in [1.82, 2.24) is 15.5 Å². The molecule has 220 valence electrons. The van der Waals surface area contributed by atoms with Crippen molar-refractivity contribution in [1.29, 1.82) is 0 Å². The highest BCUT2D eigenvalue weighted by Gasteiger charge is 2.37. The first-order chi connectivity index (χ1) is 18.3. The number of aliphatic imine (C=N–C) groups is 2. The first-order valence-corrected chi connectivity index (χ1v) is 12.6. The van der Waals surface area contributed by atoms with Crippen molar-refractivity contribution in [3.05, 3.63) is 0 Å². The van der Waals surface area contributed by atoms with E-state index in [1.165, 1.54) is 4.90 Å². The van der Waals surface area contributed by atoms with Gasteiger partial charge in [-0.2, -0.15) is 0 Å². The minimum Gasteiger partial charge on any atom is -0.480 e. The molecule has 0 aliphatic carbocycles. The summed E-state index contributed by atoms with van der Waals surface area (Å²) in [6.07, 6.45) is 1.55. The lowest BCUT2D eigenvalue weighted by Gasteiger charge is -2.28. The van der Waals surface area contributed by atoms with Crippen LogP contribution in [-0.4, -0.2) is 95.3 Å². The molecular formula is C22H41N11O6. The molecule has 0 aromatic carbocycles. The highest BCUT2D eigenvalue weighted by molar-refractivity contribution is 5.94. The van der Waals surface area contributed by atoms with Crippen LogP contribution in [0.5, 0.6) is 0 Å². The van der Waals surface area contributed by atoms with E-state index in [-0.39, 0.29) is 44.1 Å². The number of guanidine groups is 2. The first-order valence-electron chi connectivity index (χ1n) is 12.6. The molecule has 0 radical (unpaired) electrons. The summed E-state index contributed by atoms with van der Waals surface area (Å²) < 4.78 is 0. The number of rotatable bonds is 17. The van der Waals surface area contributed by atoms with Gasteiger partial charge in [0.2, 0.25) is 23.6 Å². The van der Waals surface area contributed by atoms with Crippen LogP contribution in [-0.2, 0) is 24.0 Å². The number of nitrogens with one attached hydrogen (secondary N) is 2. The molecule has 1 aliphatic heterocycles. The summed E-state index contributed by atoms with van der Waals surface area (Å²) in [4.78, 5) is 70.8. The fraction of sp³-hybridized carbons (Fsp3) is 0.682. The van der Waals surface area contributed by atoms with Crippen molar-refractivity contribution in [2.24, 2.45) is 44.4 Å². The number of hydrogen-bond acceptors (Lipinski definition) is 8. The van der Waals surface area contributed by atoms with E-state index in [0.29, 0.717) is 38.8 Å². The smallest absolute Gasteiger partial charge is 0.326 e. The fourth-order valence-electron chi connectivity index (χ4n) is 4.02. The second kappa shape index (κ2) is 16.6. The van der Waals surface area contributed by atoms with Crippen LogP contribution in [0.2, 0.25) is 0 Å². The highest BCUT2D eigenvalue weighted by Crippen LogP contribution is 2.20. The Labute approximate surface area is 226 Å². The zero-order chi connectivity index (χ0) is 29.5. The van der Waals surface area contributed by atoms with Gasteiger partial charge in [0.05, 0.1) is 6.04 Å². The van der Waals surface area contributed by atoms with Gasteiger partial charge in [0.1, 0.15) is 18.1 Å². The van der Waals surface area contributed by atoms with Gasteiger partial charge in [-0.15, -0.1) is 0 Å². The Kier molecular flexibility index (Phi) is 14.0. The SMILES string of the molecule is NC(=O)CCC(NC(=O)C(CCCN=C(N)N)NC(=O)C1CCCN1C(=O)C(N)CCCN=C(N)N)C(=O)O. The van der Waals surface area contributed by atoms with E-state index in [2.05, 4.69) is 20.6 Å². The maximum Gasteiger partial charge on any atom is 0.326 e. The summed E-state index contributed by atoms with van der Waals surface area (Å²) in [6, 6.07) is -4.29. The number of primary amides is 1. The number of aliphatic carboxylic acids is 1. The molecule has 4 amide bonds. The maximum atomic E-state index is 13.2. The van der Waals surface area contributed by atoms with Crippen LogP contribution >= 0.6 is 0 Å². The van der Waals surface area contributed by atoms with Crippen molar-refractivity contribution in [2.45, 2.75) is 75.5 Å². The van der Waals surface area contributed by atoms with Crippen LogP contribution in [0.15, 0.2) is 9.98 Å². The standard InChI is InChI=1S/C22H41N11O6/c23-12(4-1-9-29-21(25)26)19(37)33-11-3-6-15(33)18(36)31-13(5-2-10-30-22(27)28)17(35)32-14(20(38)39)7-8-16(24)34/h12-15H,1-11,23H2,(H2,24,34)(H,31,36)(H,32,35)(H,38,39)(H4,25,26,29)(H4,27,28,30). The van der Waals surface area contributed by atoms with Crippen molar-refractivity contribution in [3.8, 4) is 0 Å². The Bertz CT molecular complexity index is 933. The van der Waals surface area contributed by atoms with Crippen molar-refractivity contribution in [2.75, 3.05) is 19.6 Å². The zero-order valence-corrected chi connectivity index (χ0v) is 21.9. The van der Waals surface area contributed by atoms with Crippen LogP contribution < -0.4 is 45.0 Å². The van der Waals surface area contributed by atoms with Gasteiger partial charge in [0.25, 0.3) is 0 Å². The zero-order valence-electron chi connectivity index (χ0n) is 21.9. The van der Waals surface area contributed by atoms with Gasteiger partial charge < -0.3 is 55.0 Å². The Morgan fingerprint density at radius 1 is 0.872 bits per heavy atom. The summed E-state index contributed by atoms with van der Waals surface area (Å²) in [5, 5.41) is 14.4. The fourth-order valence-corrected chi connectivity index (χ4v) is 4.02. The molecule has 0 bridgehead atoms. The van der Waals surface area contributed by atoms with Gasteiger partial charge >= 0.3 is 5.97 Å². The summed E-state index contributed by atoms with van der Waals surface area (Å²) in [5.74, 6) is -4.08. The van der Waals surface area contributed by atoms with Crippen molar-refractivity contribution < 1.29 is 29.1 Å². The van der Waals surface area contributed by atoms with Gasteiger partial charge in [0, 0.05) is 26.1 Å². The molecule has 39 heavy (non-hydrogen) atoms. The minimum atomic E-state index is -1.40. The summed E-state index contributed by atoms with van der Waals surface area (Å²) in [5.41, 5.74) is 32.3. The summed E-state index contributed by atoms with van der Waals surface area (Å²) in [7, 11) is 0. The number of amides is 4. The molecular weight excluding hydrogens is 514 g/mol. The molecule has 0 saturated carbocycles. The predicted octanol–water partition coefficient (Wildman–Crippen LogP) is -4.27. The molecule has 1 fully saturated rings. The largest absolute Gasteiger partial charge is 0.480 e. The van der Waals surface area contributed by atoms with E-state index < -0.39 is 53.8 Å². The lowest BCUT2D eigenvalue weighted by molar-refractivity contribution is -0.143. The van der Waals surface area contributed by atoms with E-state index in [1.54, 1.807) is 0 Å². The number of nitrogens with zero attached hydrogens (tertiary/aromatic N) is 3. The average molecular weight is 556 g/mol. The number of nitrogens with two attached hydrogens (primary N) is 6. The lowest BCUT2D eigenvalue weighted by atomic mass is 10.1. The number of likely N-dealkylation sites (tertiary alicyclic amines) is 1. The van der Waals surface area contributed by atoms with E-state index >= 15 is 0 Å². The van der Waals surface area contributed by atoms with Crippen LogP contribution in [0.1, 0.15) is 51.4 Å². The van der Waals surface area contributed by atoms with Crippen molar-refractivity contribution in [3.63, 3.8) is 0 Å². The van der Waals surface area contributed by atoms with Gasteiger partial charge in [-0.05, 0) is 44.9 Å². The third-order valence-corrected chi connectivity index (χ3v) is 6.00. The number of carbonyl (C=O) groups is 5. The second-order valence-corrected chi connectivity index (χ2v) is 9.16. The van der Waals surface area contributed by atoms with Gasteiger partial charge in [-0.25, -0.2) is 4.79 Å². The first kappa shape index (κ1) is 32.9. The highest BCUT2D eigenvalue weighted by atomic mass is 16.4. The quantitative estimate of drug-likeness (QED) is 0.0469. The van der Waals surface area contributed by atoms with E-state index in [0.717, 1.165) is 0 Å². The lowest BCUT2D eigenvalue weighted by Crippen LogP contribution is -2.56. The van der Waals surface area contributed by atoms with Gasteiger partial charge in [-0.1, -0.05) is 0 Å². The Morgan fingerprint density at radius 2 is 1.46 bits per heavy atom. The van der Waals surface area contributed by atoms with Gasteiger partial charge in [-0.3, -0.25) is 29.2 Å². The Hall–Kier alpha value is -4.15. The molecule has 1 aliphatic rings. The molecule has 1 saturated heterocycles. The van der Waals surface area contributed by atoms with E-state index in [4.69, 9.17) is 34.4 Å². The normalized spacial score (nSPS) is 16.8. The van der Waals surface area contributed by atoms with Crippen LogP contribution in [0.25, 0.3) is 0 Å². The summed E-state index contributed by atoms with van der Waals surface area (Å²) in [6.45, 7) is 0.781. The van der Waals surface area contributed by atoms with E-state index in [1.807, 2.05) is 0 Å². The van der Waals surface area contributed by atoms with Gasteiger partial charge in [0.15, 0.2) is 11.9 Å².